The van der Waals surface area contributed by atoms with E-state index >= 15 is 0 Å². The first kappa shape index (κ1) is 15.5. The van der Waals surface area contributed by atoms with E-state index in [0.717, 1.165) is 35.6 Å². The summed E-state index contributed by atoms with van der Waals surface area (Å²) in [5.41, 5.74) is 5.64. The van der Waals surface area contributed by atoms with E-state index in [4.69, 9.17) is 17.3 Å². The summed E-state index contributed by atoms with van der Waals surface area (Å²) in [5.74, 6) is 0.0751. The minimum atomic E-state index is 0.0751. The molecule has 18 heavy (non-hydrogen) atoms. The van der Waals surface area contributed by atoms with E-state index in [1.54, 1.807) is 11.3 Å². The van der Waals surface area contributed by atoms with Gasteiger partial charge in [0.25, 0.3) is 0 Å². The molecule has 1 aromatic heterocycles. The van der Waals surface area contributed by atoms with Crippen molar-refractivity contribution in [2.45, 2.75) is 45.1 Å². The van der Waals surface area contributed by atoms with Crippen molar-refractivity contribution >= 4 is 28.8 Å². The SMILES string of the molecule is CCCCC(CN)NC(=O)CCc1cc(Cl)cs1. The van der Waals surface area contributed by atoms with Gasteiger partial charge in [-0.25, -0.2) is 0 Å². The van der Waals surface area contributed by atoms with Gasteiger partial charge in [0.05, 0.1) is 5.02 Å². The summed E-state index contributed by atoms with van der Waals surface area (Å²) in [6.07, 6.45) is 4.43. The van der Waals surface area contributed by atoms with Crippen LogP contribution in [0, 0.1) is 0 Å². The van der Waals surface area contributed by atoms with Gasteiger partial charge in [-0.3, -0.25) is 4.79 Å². The molecule has 0 saturated carbocycles. The largest absolute Gasteiger partial charge is 0.352 e. The topological polar surface area (TPSA) is 55.1 Å². The number of thiophene rings is 1. The Labute approximate surface area is 118 Å². The number of nitrogens with two attached hydrogens (primary N) is 1. The van der Waals surface area contributed by atoms with Crippen molar-refractivity contribution in [2.24, 2.45) is 5.73 Å². The van der Waals surface area contributed by atoms with Crippen LogP contribution in [0.4, 0.5) is 0 Å². The first-order valence-electron chi connectivity index (χ1n) is 6.38. The lowest BCUT2D eigenvalue weighted by atomic mass is 10.1. The fourth-order valence-corrected chi connectivity index (χ4v) is 2.80. The number of hydrogen-bond acceptors (Lipinski definition) is 3. The maximum absolute atomic E-state index is 11.8. The molecule has 1 amide bonds. The molecule has 1 rings (SSSR count). The first-order chi connectivity index (χ1) is 8.65. The van der Waals surface area contributed by atoms with Gasteiger partial charge in [-0.1, -0.05) is 31.4 Å². The molecule has 5 heteroatoms. The Morgan fingerprint density at radius 3 is 2.94 bits per heavy atom. The maximum Gasteiger partial charge on any atom is 0.220 e. The van der Waals surface area contributed by atoms with E-state index in [-0.39, 0.29) is 11.9 Å². The van der Waals surface area contributed by atoms with Crippen LogP contribution in [0.5, 0.6) is 0 Å². The number of unbranched alkanes of at least 4 members (excludes halogenated alkanes) is 1. The Morgan fingerprint density at radius 2 is 2.39 bits per heavy atom. The van der Waals surface area contributed by atoms with Crippen molar-refractivity contribution in [1.82, 2.24) is 5.32 Å². The van der Waals surface area contributed by atoms with Crippen LogP contribution in [0.15, 0.2) is 11.4 Å². The lowest BCUT2D eigenvalue weighted by Crippen LogP contribution is -2.40. The summed E-state index contributed by atoms with van der Waals surface area (Å²) < 4.78 is 0. The van der Waals surface area contributed by atoms with Gasteiger partial charge in [-0.05, 0) is 18.9 Å². The van der Waals surface area contributed by atoms with Crippen LogP contribution in [0.1, 0.15) is 37.5 Å². The summed E-state index contributed by atoms with van der Waals surface area (Å²) in [6.45, 7) is 2.65. The van der Waals surface area contributed by atoms with Crippen molar-refractivity contribution in [1.29, 1.82) is 0 Å². The second-order valence-corrected chi connectivity index (χ2v) is 5.81. The third-order valence-corrected chi connectivity index (χ3v) is 4.12. The Balaban J connectivity index is 2.27. The van der Waals surface area contributed by atoms with Gasteiger partial charge in [-0.2, -0.15) is 0 Å². The van der Waals surface area contributed by atoms with Gasteiger partial charge in [0.2, 0.25) is 5.91 Å². The predicted molar refractivity (Wildman–Crippen MR) is 78.2 cm³/mol. The van der Waals surface area contributed by atoms with E-state index in [1.165, 1.54) is 0 Å². The summed E-state index contributed by atoms with van der Waals surface area (Å²) in [5, 5.41) is 5.62. The molecular formula is C13H21ClN2OS. The van der Waals surface area contributed by atoms with Crippen LogP contribution < -0.4 is 11.1 Å². The molecule has 0 aliphatic heterocycles. The second kappa shape index (κ2) is 8.51. The standard InChI is InChI=1S/C13H21ClN2OS/c1-2-3-4-11(8-15)16-13(17)6-5-12-7-10(14)9-18-12/h7,9,11H,2-6,8,15H2,1H3,(H,16,17). The molecule has 1 heterocycles. The Bertz CT molecular complexity index is 368. The third kappa shape index (κ3) is 5.85. The molecule has 0 aromatic carbocycles. The van der Waals surface area contributed by atoms with E-state index < -0.39 is 0 Å². The van der Waals surface area contributed by atoms with Crippen molar-refractivity contribution in [3.63, 3.8) is 0 Å². The fraction of sp³-hybridized carbons (Fsp3) is 0.615. The van der Waals surface area contributed by atoms with Crippen molar-refractivity contribution < 1.29 is 4.79 Å². The van der Waals surface area contributed by atoms with Crippen LogP contribution in [0.2, 0.25) is 5.02 Å². The highest BCUT2D eigenvalue weighted by Crippen LogP contribution is 2.20. The molecule has 0 bridgehead atoms. The molecule has 0 spiro atoms. The van der Waals surface area contributed by atoms with Crippen LogP contribution in [0.25, 0.3) is 0 Å². The summed E-state index contributed by atoms with van der Waals surface area (Å²) >= 11 is 7.43. The molecule has 1 atom stereocenters. The molecule has 3 nitrogen and oxygen atoms in total. The normalized spacial score (nSPS) is 12.4. The molecule has 0 fully saturated rings. The molecule has 102 valence electrons. The summed E-state index contributed by atoms with van der Waals surface area (Å²) in [7, 11) is 0. The van der Waals surface area contributed by atoms with E-state index in [1.807, 2.05) is 11.4 Å². The maximum atomic E-state index is 11.8. The van der Waals surface area contributed by atoms with E-state index in [9.17, 15) is 4.79 Å². The number of halogens is 1. The monoisotopic (exact) mass is 288 g/mol. The molecule has 0 saturated heterocycles. The lowest BCUT2D eigenvalue weighted by molar-refractivity contribution is -0.121. The van der Waals surface area contributed by atoms with Gasteiger partial charge < -0.3 is 11.1 Å². The smallest absolute Gasteiger partial charge is 0.220 e. The average molecular weight is 289 g/mol. The highest BCUT2D eigenvalue weighted by Gasteiger charge is 2.10. The van der Waals surface area contributed by atoms with Crippen molar-refractivity contribution in [3.8, 4) is 0 Å². The van der Waals surface area contributed by atoms with Gasteiger partial charge in [0.15, 0.2) is 0 Å². The number of hydrogen-bond donors (Lipinski definition) is 2. The number of carbonyl (C=O) groups excluding carboxylic acids is 1. The van der Waals surface area contributed by atoms with Crippen LogP contribution in [0.3, 0.4) is 0 Å². The van der Waals surface area contributed by atoms with E-state index in [2.05, 4.69) is 12.2 Å². The molecule has 0 aliphatic rings. The molecule has 0 aliphatic carbocycles. The number of carbonyl (C=O) groups is 1. The summed E-state index contributed by atoms with van der Waals surface area (Å²) in [6, 6.07) is 2.03. The Hall–Kier alpha value is -0.580. The zero-order chi connectivity index (χ0) is 13.4. The first-order valence-corrected chi connectivity index (χ1v) is 7.63. The van der Waals surface area contributed by atoms with Gasteiger partial charge in [0.1, 0.15) is 0 Å². The molecular weight excluding hydrogens is 268 g/mol. The number of amides is 1. The minimum absolute atomic E-state index is 0.0751. The van der Waals surface area contributed by atoms with Crippen LogP contribution in [-0.2, 0) is 11.2 Å². The average Bonchev–Trinajstić information content (AvgIpc) is 2.78. The number of rotatable bonds is 8. The zero-order valence-corrected chi connectivity index (χ0v) is 12.3. The van der Waals surface area contributed by atoms with Crippen LogP contribution in [-0.4, -0.2) is 18.5 Å². The highest BCUT2D eigenvalue weighted by molar-refractivity contribution is 7.10. The van der Waals surface area contributed by atoms with E-state index in [0.29, 0.717) is 13.0 Å². The van der Waals surface area contributed by atoms with Crippen molar-refractivity contribution in [2.75, 3.05) is 6.54 Å². The third-order valence-electron chi connectivity index (χ3n) is 2.78. The van der Waals surface area contributed by atoms with Crippen molar-refractivity contribution in [3.05, 3.63) is 21.3 Å². The molecule has 3 N–H and O–H groups in total. The Kier molecular flexibility index (Phi) is 7.32. The molecule has 1 aromatic rings. The Morgan fingerprint density at radius 1 is 1.61 bits per heavy atom. The molecule has 1 unspecified atom stereocenters. The second-order valence-electron chi connectivity index (χ2n) is 4.37. The zero-order valence-electron chi connectivity index (χ0n) is 10.7. The quantitative estimate of drug-likeness (QED) is 0.773. The number of aryl methyl sites for hydroxylation is 1. The van der Waals surface area contributed by atoms with Gasteiger partial charge in [-0.15, -0.1) is 11.3 Å². The van der Waals surface area contributed by atoms with Gasteiger partial charge >= 0.3 is 0 Å². The number of nitrogens with one attached hydrogen (secondary N) is 1. The fourth-order valence-electron chi connectivity index (χ4n) is 1.72. The predicted octanol–water partition coefficient (Wildman–Crippen LogP) is 2.97. The highest BCUT2D eigenvalue weighted by atomic mass is 35.5. The van der Waals surface area contributed by atoms with Crippen LogP contribution >= 0.6 is 22.9 Å². The molecule has 0 radical (unpaired) electrons. The van der Waals surface area contributed by atoms with Gasteiger partial charge in [0, 0.05) is 29.3 Å². The summed E-state index contributed by atoms with van der Waals surface area (Å²) in [4.78, 5) is 12.9. The minimum Gasteiger partial charge on any atom is -0.352 e. The lowest BCUT2D eigenvalue weighted by Gasteiger charge is -2.16.